The maximum atomic E-state index is 12.7. The van der Waals surface area contributed by atoms with Gasteiger partial charge >= 0.3 is 12.1 Å². The third-order valence-electron chi connectivity index (χ3n) is 2.19. The van der Waals surface area contributed by atoms with Gasteiger partial charge in [0, 0.05) is 11.8 Å². The van der Waals surface area contributed by atoms with Gasteiger partial charge in [0.1, 0.15) is 5.69 Å². The average Bonchev–Trinajstić information content (AvgIpc) is 2.27. The highest BCUT2D eigenvalue weighted by atomic mass is 19.4. The summed E-state index contributed by atoms with van der Waals surface area (Å²) in [5.74, 6) is -0.800. The van der Waals surface area contributed by atoms with Gasteiger partial charge in [-0.1, -0.05) is 0 Å². The summed E-state index contributed by atoms with van der Waals surface area (Å²) in [5, 5.41) is 0. The van der Waals surface area contributed by atoms with Crippen LogP contribution in [0.4, 0.5) is 22.0 Å². The maximum Gasteiger partial charge on any atom is 0.433 e. The molecule has 0 aliphatic carbocycles. The Bertz CT molecular complexity index is 459. The minimum atomic E-state index is -4.81. The normalized spacial score (nSPS) is 11.7. The summed E-state index contributed by atoms with van der Waals surface area (Å²) in [5.41, 5.74) is -2.56. The molecular weight excluding hydrogens is 273 g/mol. The zero-order valence-corrected chi connectivity index (χ0v) is 9.80. The first-order chi connectivity index (χ1) is 8.75. The quantitative estimate of drug-likeness (QED) is 0.629. The molecule has 0 radical (unpaired) electrons. The second-order valence-corrected chi connectivity index (χ2v) is 3.55. The molecule has 0 unspecified atom stereocenters. The lowest BCUT2D eigenvalue weighted by Crippen LogP contribution is -2.13. The number of hydrogen-bond acceptors (Lipinski definition) is 3. The molecule has 0 N–H and O–H groups in total. The molecule has 106 valence electrons. The Morgan fingerprint density at radius 3 is 2.53 bits per heavy atom. The van der Waals surface area contributed by atoms with E-state index < -0.39 is 36.2 Å². The number of carbonyl (C=O) groups excluding carboxylic acids is 1. The molecule has 19 heavy (non-hydrogen) atoms. The molecule has 0 spiro atoms. The molecule has 1 rings (SSSR count). The first-order valence-electron chi connectivity index (χ1n) is 5.25. The number of pyridine rings is 1. The van der Waals surface area contributed by atoms with Gasteiger partial charge in [0.05, 0.1) is 13.0 Å². The smallest absolute Gasteiger partial charge is 0.433 e. The number of hydrogen-bond donors (Lipinski definition) is 0. The fraction of sp³-hybridized carbons (Fsp3) is 0.455. The van der Waals surface area contributed by atoms with Gasteiger partial charge in [-0.25, -0.2) is 8.78 Å². The van der Waals surface area contributed by atoms with E-state index in [1.807, 2.05) is 0 Å². The first-order valence-corrected chi connectivity index (χ1v) is 5.25. The highest BCUT2D eigenvalue weighted by molar-refractivity contribution is 5.73. The third kappa shape index (κ3) is 4.15. The van der Waals surface area contributed by atoms with Gasteiger partial charge in [-0.3, -0.25) is 9.78 Å². The topological polar surface area (TPSA) is 39.2 Å². The van der Waals surface area contributed by atoms with Gasteiger partial charge in [-0.15, -0.1) is 0 Å². The van der Waals surface area contributed by atoms with Crippen LogP contribution in [0.5, 0.6) is 0 Å². The Labute approximate surface area is 105 Å². The van der Waals surface area contributed by atoms with Crippen LogP contribution in [-0.2, 0) is 22.1 Å². The molecule has 8 heteroatoms. The number of halogens is 5. The molecule has 0 fully saturated rings. The van der Waals surface area contributed by atoms with Crippen molar-refractivity contribution < 1.29 is 31.5 Å². The van der Waals surface area contributed by atoms with E-state index in [9.17, 15) is 26.7 Å². The number of nitrogens with zero attached hydrogens (tertiary/aromatic N) is 1. The van der Waals surface area contributed by atoms with Gasteiger partial charge in [0.2, 0.25) is 0 Å². The molecule has 3 nitrogen and oxygen atoms in total. The number of rotatable bonds is 4. The zero-order chi connectivity index (χ0) is 14.6. The van der Waals surface area contributed by atoms with Gasteiger partial charge in [0.15, 0.2) is 0 Å². The van der Waals surface area contributed by atoms with Crippen molar-refractivity contribution in [1.82, 2.24) is 4.98 Å². The summed E-state index contributed by atoms with van der Waals surface area (Å²) in [7, 11) is 0. The van der Waals surface area contributed by atoms with Crippen LogP contribution in [0.1, 0.15) is 30.2 Å². The van der Waals surface area contributed by atoms with Gasteiger partial charge in [-0.05, 0) is 18.6 Å². The van der Waals surface area contributed by atoms with Crippen LogP contribution in [0.2, 0.25) is 0 Å². The van der Waals surface area contributed by atoms with Crippen molar-refractivity contribution in [1.29, 1.82) is 0 Å². The van der Waals surface area contributed by atoms with Crippen LogP contribution in [0.25, 0.3) is 0 Å². The molecule has 0 aromatic carbocycles. The van der Waals surface area contributed by atoms with Crippen LogP contribution in [0.15, 0.2) is 12.3 Å². The molecule has 0 aliphatic heterocycles. The summed E-state index contributed by atoms with van der Waals surface area (Å²) in [6.07, 6.45) is -7.86. The molecule has 1 heterocycles. The van der Waals surface area contributed by atoms with Crippen molar-refractivity contribution in [3.63, 3.8) is 0 Å². The Hall–Kier alpha value is -1.73. The molecule has 0 bridgehead atoms. The Balaban J connectivity index is 3.09. The lowest BCUT2D eigenvalue weighted by Gasteiger charge is -2.11. The summed E-state index contributed by atoms with van der Waals surface area (Å²) < 4.78 is 67.0. The lowest BCUT2D eigenvalue weighted by atomic mass is 10.1. The predicted molar refractivity (Wildman–Crippen MR) is 54.5 cm³/mol. The Kier molecular flexibility index (Phi) is 4.79. The van der Waals surface area contributed by atoms with Crippen molar-refractivity contribution >= 4 is 5.97 Å². The molecule has 1 aromatic heterocycles. The maximum absolute atomic E-state index is 12.7. The first kappa shape index (κ1) is 15.3. The predicted octanol–water partition coefficient (Wildman–Crippen LogP) is 3.14. The highest BCUT2D eigenvalue weighted by Gasteiger charge is 2.34. The van der Waals surface area contributed by atoms with E-state index in [4.69, 9.17) is 0 Å². The van der Waals surface area contributed by atoms with Gasteiger partial charge < -0.3 is 4.74 Å². The van der Waals surface area contributed by atoms with E-state index in [0.29, 0.717) is 6.20 Å². The van der Waals surface area contributed by atoms with Crippen molar-refractivity contribution in [3.8, 4) is 0 Å². The molecule has 0 atom stereocenters. The minimum absolute atomic E-state index is 0.0525. The molecular formula is C11H10F5NO2. The van der Waals surface area contributed by atoms with Gasteiger partial charge in [-0.2, -0.15) is 13.2 Å². The van der Waals surface area contributed by atoms with E-state index >= 15 is 0 Å². The minimum Gasteiger partial charge on any atom is -0.466 e. The largest absolute Gasteiger partial charge is 0.466 e. The third-order valence-corrected chi connectivity index (χ3v) is 2.19. The molecule has 0 saturated heterocycles. The van der Waals surface area contributed by atoms with Crippen LogP contribution < -0.4 is 0 Å². The van der Waals surface area contributed by atoms with Crippen LogP contribution >= 0.6 is 0 Å². The number of alkyl halides is 5. The number of esters is 1. The van der Waals surface area contributed by atoms with E-state index in [2.05, 4.69) is 9.72 Å². The van der Waals surface area contributed by atoms with Crippen LogP contribution in [-0.4, -0.2) is 17.6 Å². The fourth-order valence-corrected chi connectivity index (χ4v) is 1.37. The van der Waals surface area contributed by atoms with Crippen LogP contribution in [0.3, 0.4) is 0 Å². The molecule has 0 amide bonds. The molecule has 0 saturated carbocycles. The SMILES string of the molecule is CCOC(=O)Cc1cnc(C(F)(F)F)cc1C(F)F. The van der Waals surface area contributed by atoms with Crippen LogP contribution in [0, 0.1) is 0 Å². The Morgan fingerprint density at radius 1 is 1.42 bits per heavy atom. The lowest BCUT2D eigenvalue weighted by molar-refractivity contribution is -0.142. The van der Waals surface area contributed by atoms with E-state index in [1.165, 1.54) is 6.92 Å². The summed E-state index contributed by atoms with van der Waals surface area (Å²) in [6, 6.07) is 0.249. The van der Waals surface area contributed by atoms with E-state index in [1.54, 1.807) is 0 Å². The number of carbonyl (C=O) groups is 1. The second-order valence-electron chi connectivity index (χ2n) is 3.55. The Morgan fingerprint density at radius 2 is 2.05 bits per heavy atom. The van der Waals surface area contributed by atoms with Crippen molar-refractivity contribution in [2.24, 2.45) is 0 Å². The summed E-state index contributed by atoms with van der Waals surface area (Å²) in [6.45, 7) is 1.58. The second kappa shape index (κ2) is 5.94. The summed E-state index contributed by atoms with van der Waals surface area (Å²) in [4.78, 5) is 14.2. The zero-order valence-electron chi connectivity index (χ0n) is 9.80. The number of ether oxygens (including phenoxy) is 1. The molecule has 0 aliphatic rings. The number of aromatic nitrogens is 1. The standard InChI is InChI=1S/C11H10F5NO2/c1-2-19-9(18)3-6-5-17-8(11(14,15)16)4-7(6)10(12)13/h4-5,10H,2-3H2,1H3. The average molecular weight is 283 g/mol. The van der Waals surface area contributed by atoms with E-state index in [-0.39, 0.29) is 18.2 Å². The highest BCUT2D eigenvalue weighted by Crippen LogP contribution is 2.32. The van der Waals surface area contributed by atoms with Gasteiger partial charge in [0.25, 0.3) is 6.43 Å². The van der Waals surface area contributed by atoms with Crippen molar-refractivity contribution in [2.45, 2.75) is 25.9 Å². The molecule has 1 aromatic rings. The van der Waals surface area contributed by atoms with E-state index in [0.717, 1.165) is 0 Å². The monoisotopic (exact) mass is 283 g/mol. The fourth-order valence-electron chi connectivity index (χ4n) is 1.37. The van der Waals surface area contributed by atoms with Crippen molar-refractivity contribution in [2.75, 3.05) is 6.61 Å². The van der Waals surface area contributed by atoms with Crippen molar-refractivity contribution in [3.05, 3.63) is 29.1 Å². The summed E-state index contributed by atoms with van der Waals surface area (Å²) >= 11 is 0.